The van der Waals surface area contributed by atoms with Crippen molar-refractivity contribution in [2.75, 3.05) is 26.3 Å². The number of hydrogen-bond donors (Lipinski definition) is 2. The van der Waals surface area contributed by atoms with Crippen molar-refractivity contribution in [1.82, 2.24) is 10.4 Å². The van der Waals surface area contributed by atoms with Gasteiger partial charge < -0.3 is 9.84 Å². The molecule has 14 heavy (non-hydrogen) atoms. The average molecular weight is 200 g/mol. The average Bonchev–Trinajstić information content (AvgIpc) is 2.19. The maximum atomic E-state index is 9.59. The van der Waals surface area contributed by atoms with Crippen LogP contribution in [0.15, 0.2) is 0 Å². The van der Waals surface area contributed by atoms with Crippen molar-refractivity contribution in [3.8, 4) is 0 Å². The summed E-state index contributed by atoms with van der Waals surface area (Å²) in [6.45, 7) is 7.73. The molecule has 0 aromatic rings. The van der Waals surface area contributed by atoms with E-state index in [1.165, 1.54) is 0 Å². The molecule has 1 saturated heterocycles. The number of morpholine rings is 1. The zero-order valence-electron chi connectivity index (χ0n) is 8.99. The van der Waals surface area contributed by atoms with Crippen LogP contribution >= 0.6 is 0 Å². The van der Waals surface area contributed by atoms with Crippen molar-refractivity contribution < 1.29 is 9.84 Å². The molecule has 2 unspecified atom stereocenters. The lowest BCUT2D eigenvalue weighted by Crippen LogP contribution is -2.64. The topological polar surface area (TPSA) is 44.7 Å². The first-order valence-electron chi connectivity index (χ1n) is 5.37. The molecule has 0 aromatic heterocycles. The molecule has 0 amide bonds. The Labute approximate surface area is 85.2 Å². The van der Waals surface area contributed by atoms with Gasteiger partial charge in [-0.1, -0.05) is 13.8 Å². The third-order valence-electron chi connectivity index (χ3n) is 3.57. The molecule has 0 spiro atoms. The Bertz CT molecular complexity index is 202. The molecule has 1 aliphatic carbocycles. The quantitative estimate of drug-likeness (QED) is 0.658. The number of aliphatic hydroxyl groups is 1. The molecule has 4 nitrogen and oxygen atoms in total. The highest BCUT2D eigenvalue weighted by molar-refractivity contribution is 5.01. The van der Waals surface area contributed by atoms with Gasteiger partial charge in [0.1, 0.15) is 0 Å². The van der Waals surface area contributed by atoms with Crippen LogP contribution in [0.5, 0.6) is 0 Å². The van der Waals surface area contributed by atoms with Gasteiger partial charge >= 0.3 is 0 Å². The summed E-state index contributed by atoms with van der Waals surface area (Å²) in [6.07, 6.45) is 0.714. The summed E-state index contributed by atoms with van der Waals surface area (Å²) in [7, 11) is 0. The van der Waals surface area contributed by atoms with Crippen LogP contribution < -0.4 is 5.43 Å². The van der Waals surface area contributed by atoms with Crippen LogP contribution in [0.3, 0.4) is 0 Å². The van der Waals surface area contributed by atoms with Gasteiger partial charge in [-0.05, 0) is 6.42 Å². The zero-order chi connectivity index (χ0) is 10.2. The van der Waals surface area contributed by atoms with Crippen LogP contribution in [0, 0.1) is 5.41 Å². The second-order valence-electron chi connectivity index (χ2n) is 4.85. The number of hydrazine groups is 1. The molecule has 0 bridgehead atoms. The first kappa shape index (κ1) is 10.4. The van der Waals surface area contributed by atoms with E-state index in [2.05, 4.69) is 24.3 Å². The molecule has 2 N–H and O–H groups in total. The number of rotatable bonds is 2. The Balaban J connectivity index is 1.80. The molecule has 2 fully saturated rings. The number of nitrogens with zero attached hydrogens (tertiary/aromatic N) is 1. The van der Waals surface area contributed by atoms with Crippen molar-refractivity contribution in [1.29, 1.82) is 0 Å². The fourth-order valence-electron chi connectivity index (χ4n) is 2.03. The summed E-state index contributed by atoms with van der Waals surface area (Å²) in [6, 6.07) is 0.413. The first-order valence-corrected chi connectivity index (χ1v) is 5.37. The molecule has 4 heteroatoms. The summed E-state index contributed by atoms with van der Waals surface area (Å²) in [4.78, 5) is 0. The molecule has 2 atom stereocenters. The molecule has 1 heterocycles. The van der Waals surface area contributed by atoms with E-state index >= 15 is 0 Å². The minimum Gasteiger partial charge on any atom is -0.392 e. The van der Waals surface area contributed by atoms with Crippen LogP contribution in [0.2, 0.25) is 0 Å². The number of hydrogen-bond acceptors (Lipinski definition) is 4. The Kier molecular flexibility index (Phi) is 2.79. The fraction of sp³-hybridized carbons (Fsp3) is 1.00. The van der Waals surface area contributed by atoms with E-state index < -0.39 is 0 Å². The van der Waals surface area contributed by atoms with Crippen molar-refractivity contribution in [2.24, 2.45) is 5.41 Å². The van der Waals surface area contributed by atoms with Crippen LogP contribution in [0.1, 0.15) is 20.3 Å². The fourth-order valence-corrected chi connectivity index (χ4v) is 2.03. The molecule has 2 aliphatic rings. The van der Waals surface area contributed by atoms with Gasteiger partial charge in [0.15, 0.2) is 0 Å². The van der Waals surface area contributed by atoms with E-state index in [4.69, 9.17) is 4.74 Å². The summed E-state index contributed by atoms with van der Waals surface area (Å²) in [5.41, 5.74) is 3.48. The van der Waals surface area contributed by atoms with Crippen LogP contribution in [-0.4, -0.2) is 48.6 Å². The van der Waals surface area contributed by atoms with Gasteiger partial charge in [0, 0.05) is 24.5 Å². The Morgan fingerprint density at radius 3 is 2.50 bits per heavy atom. The summed E-state index contributed by atoms with van der Waals surface area (Å²) < 4.78 is 5.27. The van der Waals surface area contributed by atoms with Crippen molar-refractivity contribution in [2.45, 2.75) is 32.4 Å². The monoisotopic (exact) mass is 200 g/mol. The smallest absolute Gasteiger partial charge is 0.0622 e. The van der Waals surface area contributed by atoms with Gasteiger partial charge in [-0.2, -0.15) is 0 Å². The Hall–Kier alpha value is -0.160. The summed E-state index contributed by atoms with van der Waals surface area (Å²) in [5.74, 6) is 0. The lowest BCUT2D eigenvalue weighted by molar-refractivity contribution is -0.108. The van der Waals surface area contributed by atoms with Gasteiger partial charge in [0.05, 0.1) is 19.3 Å². The number of aliphatic hydroxyl groups excluding tert-OH is 1. The van der Waals surface area contributed by atoms with Gasteiger partial charge in [0.2, 0.25) is 0 Å². The molecule has 82 valence electrons. The summed E-state index contributed by atoms with van der Waals surface area (Å²) >= 11 is 0. The number of nitrogens with one attached hydrogen (secondary N) is 1. The molecular weight excluding hydrogens is 180 g/mol. The molecule has 0 aromatic carbocycles. The van der Waals surface area contributed by atoms with E-state index in [1.807, 2.05) is 0 Å². The highest BCUT2D eigenvalue weighted by Crippen LogP contribution is 2.40. The van der Waals surface area contributed by atoms with E-state index in [9.17, 15) is 5.11 Å². The standard InChI is InChI=1S/C10H20N2O2/c1-10(2)8(7-9(10)13)11-12-3-5-14-6-4-12/h8-9,11,13H,3-7H2,1-2H3. The third-order valence-corrected chi connectivity index (χ3v) is 3.57. The van der Waals surface area contributed by atoms with E-state index in [1.54, 1.807) is 0 Å². The van der Waals surface area contributed by atoms with E-state index in [0.717, 1.165) is 32.7 Å². The lowest BCUT2D eigenvalue weighted by atomic mass is 9.65. The lowest BCUT2D eigenvalue weighted by Gasteiger charge is -2.51. The molecule has 1 saturated carbocycles. The van der Waals surface area contributed by atoms with Gasteiger partial charge in [-0.15, -0.1) is 0 Å². The Morgan fingerprint density at radius 1 is 1.36 bits per heavy atom. The maximum absolute atomic E-state index is 9.59. The van der Waals surface area contributed by atoms with Crippen LogP contribution in [0.25, 0.3) is 0 Å². The first-order chi connectivity index (χ1) is 6.60. The maximum Gasteiger partial charge on any atom is 0.0622 e. The number of ether oxygens (including phenoxy) is 1. The molecule has 0 radical (unpaired) electrons. The van der Waals surface area contributed by atoms with Crippen LogP contribution in [-0.2, 0) is 4.74 Å². The van der Waals surface area contributed by atoms with Crippen LogP contribution in [0.4, 0.5) is 0 Å². The highest BCUT2D eigenvalue weighted by atomic mass is 16.5. The normalized spacial score (nSPS) is 37.9. The predicted octanol–water partition coefficient (Wildman–Crippen LogP) is -0.0174. The van der Waals surface area contributed by atoms with Gasteiger partial charge in [-0.3, -0.25) is 5.43 Å². The largest absolute Gasteiger partial charge is 0.392 e. The minimum atomic E-state index is -0.152. The van der Waals surface area contributed by atoms with Crippen molar-refractivity contribution in [3.05, 3.63) is 0 Å². The molecular formula is C10H20N2O2. The Morgan fingerprint density at radius 2 is 2.00 bits per heavy atom. The van der Waals surface area contributed by atoms with Gasteiger partial charge in [0.25, 0.3) is 0 Å². The highest BCUT2D eigenvalue weighted by Gasteiger charge is 2.47. The zero-order valence-corrected chi connectivity index (χ0v) is 8.99. The molecule has 2 rings (SSSR count). The molecule has 1 aliphatic heterocycles. The SMILES string of the molecule is CC1(C)C(O)CC1NN1CCOCC1. The minimum absolute atomic E-state index is 0.0122. The second kappa shape index (κ2) is 3.77. The van der Waals surface area contributed by atoms with E-state index in [-0.39, 0.29) is 11.5 Å². The van der Waals surface area contributed by atoms with Crippen molar-refractivity contribution >= 4 is 0 Å². The predicted molar refractivity (Wildman–Crippen MR) is 53.7 cm³/mol. The summed E-state index contributed by atoms with van der Waals surface area (Å²) in [5, 5.41) is 11.8. The van der Waals surface area contributed by atoms with E-state index in [0.29, 0.717) is 6.04 Å². The second-order valence-corrected chi connectivity index (χ2v) is 4.85. The third kappa shape index (κ3) is 1.80. The van der Waals surface area contributed by atoms with Crippen molar-refractivity contribution in [3.63, 3.8) is 0 Å². The van der Waals surface area contributed by atoms with Gasteiger partial charge in [-0.25, -0.2) is 5.01 Å².